The number of nitrogens with zero attached hydrogens (tertiary/aromatic N) is 10. The van der Waals surface area contributed by atoms with Gasteiger partial charge >= 0.3 is 36.3 Å². The number of alkyl carbamates (subject to hydrolysis) is 2. The number of likely N-dealkylation sites (N-methyl/N-ethyl adjacent to an activating group) is 1. The zero-order valence-electron chi connectivity index (χ0n) is 81.4. The number of anilines is 2. The number of Topliss-reactive ketones (excluding diaryl/α,β-unsaturated/α-hetero) is 2. The average molecular weight is 1870 g/mol. The lowest BCUT2D eigenvalue weighted by Gasteiger charge is -2.47. The Morgan fingerprint density at radius 3 is 1.55 bits per heavy atom. The van der Waals surface area contributed by atoms with E-state index in [2.05, 4.69) is 79.4 Å². The van der Waals surface area contributed by atoms with Crippen LogP contribution in [0.4, 0.5) is 30.6 Å². The molecule has 6 unspecified atom stereocenters. The van der Waals surface area contributed by atoms with Crippen LogP contribution < -0.4 is 32.7 Å². The molecule has 37 nitrogen and oxygen atoms in total. The molecule has 9 rings (SSSR count). The highest BCUT2D eigenvalue weighted by Crippen LogP contribution is 2.44. The molecule has 7 heterocycles. The molecule has 744 valence electrons. The number of nitrogens with two attached hydrogens (primary N) is 2. The van der Waals surface area contributed by atoms with Gasteiger partial charge in [-0.3, -0.25) is 33.7 Å². The first-order valence-corrected chi connectivity index (χ1v) is 46.3. The number of hydrogen-bond donors (Lipinski definition) is 7. The smallest absolute Gasteiger partial charge is 0.410 e. The Kier molecular flexibility index (Phi) is 43.8. The third-order valence-electron chi connectivity index (χ3n) is 26.7. The number of azide groups is 1. The summed E-state index contributed by atoms with van der Waals surface area (Å²) in [6.07, 6.45) is 4.72. The largest absolute Gasteiger partial charge is 0.458 e. The first kappa shape index (κ1) is 112. The number of terminal acetylenes is 1. The molecule has 0 spiro atoms. The number of nitrogens with one attached hydrogen (secondary N) is 4. The van der Waals surface area contributed by atoms with Crippen LogP contribution in [0.2, 0.25) is 0 Å². The summed E-state index contributed by atoms with van der Waals surface area (Å²) in [7, 11) is 10.8. The predicted molar refractivity (Wildman–Crippen MR) is 504 cm³/mol. The second kappa shape index (κ2) is 52.0. The summed E-state index contributed by atoms with van der Waals surface area (Å²) in [5.74, 6) is -4.38. The number of aryl methyl sites for hydroxylation is 1. The number of aromatic nitrogens is 3. The average Bonchev–Trinajstić information content (AvgIpc) is 1.60. The van der Waals surface area contributed by atoms with Crippen LogP contribution in [0.3, 0.4) is 0 Å². The van der Waals surface area contributed by atoms with Gasteiger partial charge < -0.3 is 104 Å². The minimum absolute atomic E-state index is 0. The molecule has 6 aliphatic heterocycles. The van der Waals surface area contributed by atoms with Crippen molar-refractivity contribution < 1.29 is 100 Å². The third kappa shape index (κ3) is 29.5. The molecule has 3 aromatic rings. The summed E-state index contributed by atoms with van der Waals surface area (Å²) in [5.41, 5.74) is 19.2. The predicted octanol–water partition coefficient (Wildman–Crippen LogP) is 11.3. The summed E-state index contributed by atoms with van der Waals surface area (Å²) in [6.45, 7) is 37.8. The molecular weight excluding hydrogens is 1710 g/mol. The van der Waals surface area contributed by atoms with Crippen molar-refractivity contribution in [3.8, 4) is 23.6 Å². The van der Waals surface area contributed by atoms with E-state index in [1.807, 2.05) is 124 Å². The van der Waals surface area contributed by atoms with Crippen molar-refractivity contribution >= 4 is 59.3 Å². The van der Waals surface area contributed by atoms with Gasteiger partial charge in [0.25, 0.3) is 0 Å². The Bertz CT molecular complexity index is 4380. The molecule has 6 aliphatic rings. The Balaban J connectivity index is 0.000000373. The fourth-order valence-corrected chi connectivity index (χ4v) is 19.4. The van der Waals surface area contributed by atoms with Gasteiger partial charge in [-0.05, 0) is 209 Å². The number of unbranched alkanes of at least 4 members (excludes halogenated alkanes) is 2. The molecule has 26 atom stereocenters. The highest BCUT2D eigenvalue weighted by molar-refractivity contribution is 6.01. The van der Waals surface area contributed by atoms with Crippen LogP contribution in [0.15, 0.2) is 85.2 Å². The number of cyclic esters (lactones) is 2. The highest BCUT2D eigenvalue weighted by Gasteiger charge is 2.61. The maximum atomic E-state index is 14.6. The van der Waals surface area contributed by atoms with Crippen molar-refractivity contribution in [2.45, 2.75) is 296 Å². The summed E-state index contributed by atoms with van der Waals surface area (Å²) in [4.78, 5) is 119. The van der Waals surface area contributed by atoms with Crippen molar-refractivity contribution in [1.29, 1.82) is 0 Å². The molecule has 37 heteroatoms. The number of benzene rings is 2. The number of ketones is 2. The minimum atomic E-state index is -1.28. The molecule has 6 saturated heterocycles. The van der Waals surface area contributed by atoms with Crippen LogP contribution in [0.1, 0.15) is 181 Å². The van der Waals surface area contributed by atoms with Crippen LogP contribution in [0.5, 0.6) is 0 Å². The molecule has 6 fully saturated rings. The van der Waals surface area contributed by atoms with E-state index in [-0.39, 0.29) is 75.4 Å². The van der Waals surface area contributed by atoms with E-state index in [4.69, 9.17) is 80.3 Å². The van der Waals surface area contributed by atoms with Crippen molar-refractivity contribution in [3.05, 3.63) is 96.0 Å². The molecule has 0 bridgehead atoms. The number of nitrogen functional groups attached to an aromatic ring is 2. The molecular formula is C96H154N16O21. The second-order valence-electron chi connectivity index (χ2n) is 37.3. The zero-order valence-corrected chi connectivity index (χ0v) is 81.4. The van der Waals surface area contributed by atoms with Gasteiger partial charge in [0.2, 0.25) is 0 Å². The number of amides is 4. The Labute approximate surface area is 786 Å². The second-order valence-corrected chi connectivity index (χ2v) is 37.3. The normalized spacial score (nSPS) is 33.0. The van der Waals surface area contributed by atoms with Crippen LogP contribution in [-0.2, 0) is 82.6 Å². The lowest BCUT2D eigenvalue weighted by atomic mass is 9.78. The number of methoxy groups -OCH3 is 2. The molecule has 2 aromatic carbocycles. The van der Waals surface area contributed by atoms with Gasteiger partial charge in [-0.15, -0.1) is 11.5 Å². The SMILES string of the molecule is C.C#Cc1cccc(N)c1.C=CCOC(=O)NCC1CC(N(C)C)C(C)[C@H](O[C@@H]2[C@@H](C)C(=O)[C@@H](C)C(=O)O[C@H](CC)[C@@]3(C)OC(=O)N(CCCCN=[N+]=[N-])[C@@H]3[C@@H](C)NC[C@H](C)C[C@@]2(C)OC)O1.C=CCOC(=O)NCC1CC(N(C)C)C(O)[C@H](O[C@@H]2[C@@H](C)C(=O)[C@@H](C)C(=O)O[C@H](CC)[C@@]3(C)OC(=O)N(CCCCn4cc(-c5cccc(N)c5)nn4)[C@@H]3[C@@H](C)NC[C@H](C)C[C@@]2(C)OC)O1. The number of ether oxygens (including phenoxy) is 12. The number of carbonyl (C=O) groups excluding carboxylic acids is 8. The lowest BCUT2D eigenvalue weighted by molar-refractivity contribution is -0.296. The lowest BCUT2D eigenvalue weighted by Crippen LogP contribution is -2.61. The van der Waals surface area contributed by atoms with Gasteiger partial charge in [-0.25, -0.2) is 19.2 Å². The number of aliphatic hydroxyl groups excluding tert-OH is 1. The van der Waals surface area contributed by atoms with Crippen LogP contribution in [0.25, 0.3) is 21.7 Å². The number of esters is 2. The van der Waals surface area contributed by atoms with Crippen molar-refractivity contribution in [2.24, 2.45) is 46.5 Å². The summed E-state index contributed by atoms with van der Waals surface area (Å²) >= 11 is 0. The molecule has 0 radical (unpaired) electrons. The van der Waals surface area contributed by atoms with Gasteiger partial charge in [0, 0.05) is 123 Å². The molecule has 4 amide bonds. The van der Waals surface area contributed by atoms with Crippen LogP contribution in [-0.4, -0.2) is 303 Å². The molecule has 0 aliphatic carbocycles. The van der Waals surface area contributed by atoms with Gasteiger partial charge in [0.15, 0.2) is 35.3 Å². The Hall–Kier alpha value is -9.55. The first-order chi connectivity index (χ1) is 62.5. The van der Waals surface area contributed by atoms with Gasteiger partial charge in [0.05, 0.1) is 53.9 Å². The van der Waals surface area contributed by atoms with Gasteiger partial charge in [-0.1, -0.05) is 116 Å². The van der Waals surface area contributed by atoms with E-state index >= 15 is 0 Å². The van der Waals surface area contributed by atoms with Crippen molar-refractivity contribution in [2.75, 3.05) is 113 Å². The number of rotatable bonds is 29. The first-order valence-electron chi connectivity index (χ1n) is 46.3. The van der Waals surface area contributed by atoms with Crippen LogP contribution in [0, 0.1) is 53.8 Å². The maximum absolute atomic E-state index is 14.6. The number of hydrogen-bond acceptors (Lipinski definition) is 30. The highest BCUT2D eigenvalue weighted by atomic mass is 16.7. The number of aliphatic hydroxyl groups is 1. The Morgan fingerprint density at radius 2 is 1.12 bits per heavy atom. The van der Waals surface area contributed by atoms with E-state index in [1.165, 1.54) is 26.0 Å². The van der Waals surface area contributed by atoms with E-state index in [1.54, 1.807) is 68.5 Å². The van der Waals surface area contributed by atoms with Crippen molar-refractivity contribution in [3.63, 3.8) is 0 Å². The van der Waals surface area contributed by atoms with E-state index < -0.39 is 162 Å². The topological polar surface area (TPSA) is 460 Å². The quantitative estimate of drug-likeness (QED) is 0.00324. The summed E-state index contributed by atoms with van der Waals surface area (Å²) < 4.78 is 75.8. The minimum Gasteiger partial charge on any atom is -0.458 e. The third-order valence-corrected chi connectivity index (χ3v) is 26.7. The van der Waals surface area contributed by atoms with Crippen LogP contribution >= 0.6 is 0 Å². The molecule has 1 aromatic heterocycles. The van der Waals surface area contributed by atoms with E-state index in [0.29, 0.717) is 121 Å². The standard InChI is InChI=1S/C47H74N8O11.C40H69N7O10.C8H7N.CH4/c1-12-21-62-44(59)50-26-34-23-36(53(9)10)39(57)43(63-34)65-41-29(4)38(56)30(5)42(58)64-37(13-2)47(8)40(31(6)49-25-28(3)24-46(41,7)61-11)55(45(60)66-47)20-15-14-19-54-27-35(51-52-54)32-17-16-18-33(48)22-32;1-13-19-53-37(50)43-23-29-20-30(46(10)11)25(4)36(54-29)56-34-26(5)32(48)27(6)35(49)55-31(14-2)40(9)33(28(7)42-22-24(3)21-39(34,8)52-12)47(38(51)57-40)18-16-15-17-44-45-41;1-2-7-4-3-5-8(9)6-7;/h12,16-18,22,27-31,34,36-37,39-41,43,49,57H,1,13-15,19-21,23-26,48H2,2-11H3,(H,50,59);13,24-31,33-34,36,42H,1,14-23H2,2-12H3,(H,43,50);1,3-6H,9H2;1H4/t28-,29+,30-,31-,34?,36?,37-,39?,40-,41-,43+,46-,47-;24-,25?,26+,27-,28-,29?,30?,31-,33-,34-,36+,39-,40-;;/m11../s1. The monoisotopic (exact) mass is 1870 g/mol. The van der Waals surface area contributed by atoms with E-state index in [0.717, 1.165) is 11.1 Å². The fraction of sp³-hybridized carbons (Fsp3) is 0.708. The van der Waals surface area contributed by atoms with Gasteiger partial charge in [0.1, 0.15) is 49.1 Å². The summed E-state index contributed by atoms with van der Waals surface area (Å²) in [5, 5.41) is 36.7. The number of carbonyl (C=O) groups is 8. The maximum Gasteiger partial charge on any atom is 0.410 e. The fourth-order valence-electron chi connectivity index (χ4n) is 19.4. The van der Waals surface area contributed by atoms with Gasteiger partial charge in [-0.2, -0.15) is 0 Å². The molecule has 9 N–H and O–H groups in total. The Morgan fingerprint density at radius 1 is 0.677 bits per heavy atom. The number of fused-ring (bicyclic) bond motifs is 2. The summed E-state index contributed by atoms with van der Waals surface area (Å²) in [6, 6.07) is 12.5. The molecule has 133 heavy (non-hydrogen) atoms. The van der Waals surface area contributed by atoms with Crippen molar-refractivity contribution in [1.82, 2.24) is 55.9 Å². The molecule has 0 saturated carbocycles. The zero-order chi connectivity index (χ0) is 97.9. The van der Waals surface area contributed by atoms with E-state index in [9.17, 15) is 43.5 Å².